The van der Waals surface area contributed by atoms with Crippen molar-refractivity contribution in [3.63, 3.8) is 0 Å². The second-order valence-corrected chi connectivity index (χ2v) is 6.36. The predicted octanol–water partition coefficient (Wildman–Crippen LogP) is 1.31. The van der Waals surface area contributed by atoms with E-state index in [0.29, 0.717) is 6.54 Å². The van der Waals surface area contributed by atoms with Gasteiger partial charge in [-0.05, 0) is 20.3 Å². The summed E-state index contributed by atoms with van der Waals surface area (Å²) in [4.78, 5) is 14.4. The molecule has 22 heavy (non-hydrogen) atoms. The maximum absolute atomic E-state index is 12.6. The summed E-state index contributed by atoms with van der Waals surface area (Å²) in [6, 6.07) is -0.113. The van der Waals surface area contributed by atoms with Gasteiger partial charge in [-0.3, -0.25) is 4.79 Å². The molecule has 0 spiro atoms. The van der Waals surface area contributed by atoms with Gasteiger partial charge >= 0.3 is 0 Å². The van der Waals surface area contributed by atoms with E-state index in [-0.39, 0.29) is 30.3 Å². The molecule has 0 saturated carbocycles. The van der Waals surface area contributed by atoms with Crippen molar-refractivity contribution in [2.45, 2.75) is 51.4 Å². The van der Waals surface area contributed by atoms with E-state index in [0.717, 1.165) is 18.7 Å². The molecule has 0 radical (unpaired) electrons. The summed E-state index contributed by atoms with van der Waals surface area (Å²) in [5, 5.41) is 8.06. The summed E-state index contributed by atoms with van der Waals surface area (Å²) < 4.78 is 13.0. The third kappa shape index (κ3) is 3.64. The molecule has 0 N–H and O–H groups in total. The van der Waals surface area contributed by atoms with Gasteiger partial charge in [0.05, 0.1) is 17.7 Å². The van der Waals surface area contributed by atoms with Crippen LogP contribution in [0.15, 0.2) is 6.33 Å². The summed E-state index contributed by atoms with van der Waals surface area (Å²) in [6.45, 7) is 6.66. The molecule has 2 rings (SSSR count). The predicted molar refractivity (Wildman–Crippen MR) is 81.2 cm³/mol. The Balaban J connectivity index is 2.09. The first-order valence-electron chi connectivity index (χ1n) is 7.68. The van der Waals surface area contributed by atoms with Gasteiger partial charge in [-0.25, -0.2) is 0 Å². The first-order chi connectivity index (χ1) is 10.4. The van der Waals surface area contributed by atoms with Crippen LogP contribution in [0.1, 0.15) is 45.5 Å². The van der Waals surface area contributed by atoms with Gasteiger partial charge in [0.15, 0.2) is 5.82 Å². The van der Waals surface area contributed by atoms with Crippen molar-refractivity contribution >= 4 is 5.91 Å². The summed E-state index contributed by atoms with van der Waals surface area (Å²) in [5.74, 6) is 0.747. The Kier molecular flexibility index (Phi) is 5.18. The van der Waals surface area contributed by atoms with Crippen molar-refractivity contribution in [3.05, 3.63) is 12.2 Å². The molecule has 1 aliphatic heterocycles. The first-order valence-corrected chi connectivity index (χ1v) is 7.68. The third-order valence-electron chi connectivity index (χ3n) is 4.40. The molecule has 1 amide bonds. The standard InChI is InChI=1S/C15H26N4O3/c1-6-15(2,3)22-9-13(20)19-8-11(21-5)7-12(19)14-17-16-10-18(14)4/h10-12H,6-9H2,1-5H3/t11-,12+/m1/s1. The molecule has 7 heteroatoms. The van der Waals surface area contributed by atoms with Gasteiger partial charge in [-0.1, -0.05) is 6.92 Å². The number of amides is 1. The number of likely N-dealkylation sites (tertiary alicyclic amines) is 1. The van der Waals surface area contributed by atoms with Crippen LogP contribution in [0, 0.1) is 0 Å². The Hall–Kier alpha value is -1.47. The number of aryl methyl sites for hydroxylation is 1. The highest BCUT2D eigenvalue weighted by molar-refractivity contribution is 5.78. The van der Waals surface area contributed by atoms with Crippen LogP contribution in [-0.2, 0) is 21.3 Å². The van der Waals surface area contributed by atoms with E-state index in [1.54, 1.807) is 18.3 Å². The highest BCUT2D eigenvalue weighted by atomic mass is 16.5. The number of methoxy groups -OCH3 is 1. The molecule has 2 heterocycles. The van der Waals surface area contributed by atoms with Gasteiger partial charge in [0.25, 0.3) is 0 Å². The summed E-state index contributed by atoms with van der Waals surface area (Å²) in [5.41, 5.74) is -0.295. The number of rotatable bonds is 6. The Labute approximate surface area is 131 Å². The van der Waals surface area contributed by atoms with Gasteiger partial charge in [0, 0.05) is 27.1 Å². The molecule has 1 aromatic rings. The number of nitrogens with zero attached hydrogens (tertiary/aromatic N) is 4. The van der Waals surface area contributed by atoms with Crippen LogP contribution in [0.4, 0.5) is 0 Å². The zero-order valence-corrected chi connectivity index (χ0v) is 14.1. The van der Waals surface area contributed by atoms with Gasteiger partial charge in [0.1, 0.15) is 12.9 Å². The summed E-state index contributed by atoms with van der Waals surface area (Å²) in [6.07, 6.45) is 3.25. The molecule has 0 aromatic carbocycles. The number of ether oxygens (including phenoxy) is 2. The van der Waals surface area contributed by atoms with Crippen LogP contribution >= 0.6 is 0 Å². The summed E-state index contributed by atoms with van der Waals surface area (Å²) in [7, 11) is 3.55. The molecule has 124 valence electrons. The summed E-state index contributed by atoms with van der Waals surface area (Å²) >= 11 is 0. The minimum Gasteiger partial charge on any atom is -0.380 e. The SMILES string of the molecule is CCC(C)(C)OCC(=O)N1C[C@H](OC)C[C@H]1c1nncn1C. The van der Waals surface area contributed by atoms with Crippen LogP contribution in [0.3, 0.4) is 0 Å². The van der Waals surface area contributed by atoms with E-state index in [2.05, 4.69) is 10.2 Å². The highest BCUT2D eigenvalue weighted by Gasteiger charge is 2.39. The smallest absolute Gasteiger partial charge is 0.249 e. The normalized spacial score (nSPS) is 22.3. The average molecular weight is 310 g/mol. The van der Waals surface area contributed by atoms with Crippen LogP contribution in [-0.4, -0.2) is 57.5 Å². The van der Waals surface area contributed by atoms with Crippen molar-refractivity contribution in [1.82, 2.24) is 19.7 Å². The molecule has 0 unspecified atom stereocenters. The molecule has 1 aromatic heterocycles. The lowest BCUT2D eigenvalue weighted by molar-refractivity contribution is -0.143. The second-order valence-electron chi connectivity index (χ2n) is 6.36. The Morgan fingerprint density at radius 3 is 2.77 bits per heavy atom. The van der Waals surface area contributed by atoms with Crippen molar-refractivity contribution in [2.24, 2.45) is 7.05 Å². The van der Waals surface area contributed by atoms with Crippen molar-refractivity contribution in [2.75, 3.05) is 20.3 Å². The van der Waals surface area contributed by atoms with E-state index < -0.39 is 0 Å². The van der Waals surface area contributed by atoms with Crippen molar-refractivity contribution < 1.29 is 14.3 Å². The number of hydrogen-bond acceptors (Lipinski definition) is 5. The van der Waals surface area contributed by atoms with E-state index in [1.807, 2.05) is 32.4 Å². The Bertz CT molecular complexity index is 515. The minimum atomic E-state index is -0.295. The van der Waals surface area contributed by atoms with Crippen molar-refractivity contribution in [3.8, 4) is 0 Å². The highest BCUT2D eigenvalue weighted by Crippen LogP contribution is 2.32. The molecule has 0 bridgehead atoms. The number of aromatic nitrogens is 3. The largest absolute Gasteiger partial charge is 0.380 e. The number of carbonyl (C=O) groups excluding carboxylic acids is 1. The molecule has 2 atom stereocenters. The van der Waals surface area contributed by atoms with Crippen LogP contribution in [0.2, 0.25) is 0 Å². The second kappa shape index (κ2) is 6.75. The molecular weight excluding hydrogens is 284 g/mol. The lowest BCUT2D eigenvalue weighted by atomic mass is 10.1. The van der Waals surface area contributed by atoms with E-state index in [1.165, 1.54) is 0 Å². The van der Waals surface area contributed by atoms with E-state index in [9.17, 15) is 4.79 Å². The van der Waals surface area contributed by atoms with E-state index in [4.69, 9.17) is 9.47 Å². The van der Waals surface area contributed by atoms with Gasteiger partial charge in [-0.2, -0.15) is 0 Å². The first kappa shape index (κ1) is 16.9. The number of hydrogen-bond donors (Lipinski definition) is 0. The van der Waals surface area contributed by atoms with Crippen molar-refractivity contribution in [1.29, 1.82) is 0 Å². The zero-order valence-electron chi connectivity index (χ0n) is 14.1. The van der Waals surface area contributed by atoms with E-state index >= 15 is 0 Å². The fraction of sp³-hybridized carbons (Fsp3) is 0.800. The zero-order chi connectivity index (χ0) is 16.3. The molecule has 1 aliphatic rings. The Morgan fingerprint density at radius 2 is 2.23 bits per heavy atom. The Morgan fingerprint density at radius 1 is 1.50 bits per heavy atom. The monoisotopic (exact) mass is 310 g/mol. The van der Waals surface area contributed by atoms with Gasteiger partial charge in [0.2, 0.25) is 5.91 Å². The van der Waals surface area contributed by atoms with Gasteiger partial charge in [-0.15, -0.1) is 10.2 Å². The molecule has 7 nitrogen and oxygen atoms in total. The van der Waals surface area contributed by atoms with Crippen LogP contribution in [0.5, 0.6) is 0 Å². The molecule has 0 aliphatic carbocycles. The quantitative estimate of drug-likeness (QED) is 0.792. The van der Waals surface area contributed by atoms with Gasteiger partial charge < -0.3 is 18.9 Å². The number of carbonyl (C=O) groups is 1. The lowest BCUT2D eigenvalue weighted by Gasteiger charge is -2.27. The maximum Gasteiger partial charge on any atom is 0.249 e. The maximum atomic E-state index is 12.6. The fourth-order valence-corrected chi connectivity index (χ4v) is 2.52. The fourth-order valence-electron chi connectivity index (χ4n) is 2.52. The molecular formula is C15H26N4O3. The topological polar surface area (TPSA) is 69.5 Å². The average Bonchev–Trinajstić information content (AvgIpc) is 3.10. The van der Waals surface area contributed by atoms with Crippen LogP contribution in [0.25, 0.3) is 0 Å². The lowest BCUT2D eigenvalue weighted by Crippen LogP contribution is -2.38. The molecule has 1 fully saturated rings. The third-order valence-corrected chi connectivity index (χ3v) is 4.40. The molecule has 1 saturated heterocycles. The minimum absolute atomic E-state index is 0.0184. The van der Waals surface area contributed by atoms with Crippen LogP contribution < -0.4 is 0 Å².